The number of sulfonamides is 1. The lowest BCUT2D eigenvalue weighted by Gasteiger charge is -2.16. The highest BCUT2D eigenvalue weighted by atomic mass is 32.2. The Morgan fingerprint density at radius 1 is 1.29 bits per heavy atom. The van der Waals surface area contributed by atoms with Crippen LogP contribution in [-0.2, 0) is 24.3 Å². The zero-order chi connectivity index (χ0) is 16.0. The van der Waals surface area contributed by atoms with Gasteiger partial charge in [-0.15, -0.1) is 0 Å². The quantitative estimate of drug-likeness (QED) is 0.716. The van der Waals surface area contributed by atoms with Crippen LogP contribution in [0.1, 0.15) is 17.3 Å². The van der Waals surface area contributed by atoms with Gasteiger partial charge in [-0.1, -0.05) is 6.07 Å². The van der Waals surface area contributed by atoms with Gasteiger partial charge in [0.2, 0.25) is 10.0 Å². The lowest BCUT2D eigenvalue weighted by Crippen LogP contribution is -2.33. The molecule has 0 aliphatic heterocycles. The summed E-state index contributed by atoms with van der Waals surface area (Å²) in [5.74, 6) is -1.28. The van der Waals surface area contributed by atoms with Crippen LogP contribution < -0.4 is 0 Å². The van der Waals surface area contributed by atoms with Gasteiger partial charge in [-0.05, 0) is 25.1 Å². The van der Waals surface area contributed by atoms with Gasteiger partial charge in [0.25, 0.3) is 0 Å². The van der Waals surface area contributed by atoms with Crippen molar-refractivity contribution in [1.82, 2.24) is 4.31 Å². The van der Waals surface area contributed by atoms with Crippen LogP contribution >= 0.6 is 0 Å². The SMILES string of the molecule is CCOC(=O)CN(C)S(=O)(=O)c1cccc(C(=O)OC)c1. The summed E-state index contributed by atoms with van der Waals surface area (Å²) in [4.78, 5) is 22.7. The first kappa shape index (κ1) is 17.1. The second-order valence-corrected chi connectivity index (χ2v) is 6.13. The minimum Gasteiger partial charge on any atom is -0.465 e. The molecule has 21 heavy (non-hydrogen) atoms. The molecule has 0 spiro atoms. The first-order chi connectivity index (χ1) is 9.82. The van der Waals surface area contributed by atoms with Crippen molar-refractivity contribution in [2.75, 3.05) is 27.3 Å². The van der Waals surface area contributed by atoms with Gasteiger partial charge >= 0.3 is 11.9 Å². The van der Waals surface area contributed by atoms with Crippen molar-refractivity contribution < 1.29 is 27.5 Å². The molecule has 0 N–H and O–H groups in total. The van der Waals surface area contributed by atoms with E-state index in [0.29, 0.717) is 0 Å². The highest BCUT2D eigenvalue weighted by Gasteiger charge is 2.24. The zero-order valence-corrected chi connectivity index (χ0v) is 12.8. The number of ether oxygens (including phenoxy) is 2. The van der Waals surface area contributed by atoms with Crippen LogP contribution in [0.5, 0.6) is 0 Å². The van der Waals surface area contributed by atoms with Gasteiger partial charge in [0.15, 0.2) is 0 Å². The molecule has 7 nitrogen and oxygen atoms in total. The summed E-state index contributed by atoms with van der Waals surface area (Å²) in [6.07, 6.45) is 0. The maximum absolute atomic E-state index is 12.3. The molecule has 0 aliphatic carbocycles. The molecular formula is C13H17NO6S. The molecule has 0 bridgehead atoms. The van der Waals surface area contributed by atoms with Gasteiger partial charge in [0, 0.05) is 7.05 Å². The van der Waals surface area contributed by atoms with Crippen molar-refractivity contribution in [1.29, 1.82) is 0 Å². The lowest BCUT2D eigenvalue weighted by molar-refractivity contribution is -0.143. The lowest BCUT2D eigenvalue weighted by atomic mass is 10.2. The fourth-order valence-corrected chi connectivity index (χ4v) is 2.72. The number of carbonyl (C=O) groups is 2. The topological polar surface area (TPSA) is 90.0 Å². The molecule has 1 rings (SSSR count). The van der Waals surface area contributed by atoms with E-state index in [2.05, 4.69) is 4.74 Å². The molecule has 0 atom stereocenters. The van der Waals surface area contributed by atoms with Gasteiger partial charge in [-0.2, -0.15) is 4.31 Å². The molecule has 8 heteroatoms. The minimum atomic E-state index is -3.89. The van der Waals surface area contributed by atoms with Crippen LogP contribution in [0.4, 0.5) is 0 Å². The van der Waals surface area contributed by atoms with Crippen molar-refractivity contribution in [3.05, 3.63) is 29.8 Å². The zero-order valence-electron chi connectivity index (χ0n) is 12.0. The molecule has 0 amide bonds. The second kappa shape index (κ2) is 7.19. The minimum absolute atomic E-state index is 0.0998. The molecule has 0 unspecified atom stereocenters. The number of hydrogen-bond acceptors (Lipinski definition) is 6. The first-order valence-corrected chi connectivity index (χ1v) is 7.57. The molecule has 0 heterocycles. The maximum Gasteiger partial charge on any atom is 0.337 e. The summed E-state index contributed by atoms with van der Waals surface area (Å²) in [5.41, 5.74) is 0.114. The van der Waals surface area contributed by atoms with Crippen LogP contribution in [0.2, 0.25) is 0 Å². The Balaban J connectivity index is 3.02. The van der Waals surface area contributed by atoms with E-state index >= 15 is 0 Å². The van der Waals surface area contributed by atoms with Gasteiger partial charge < -0.3 is 9.47 Å². The highest BCUT2D eigenvalue weighted by molar-refractivity contribution is 7.89. The number of likely N-dealkylation sites (N-methyl/N-ethyl adjacent to an activating group) is 1. The highest BCUT2D eigenvalue weighted by Crippen LogP contribution is 2.16. The van der Waals surface area contributed by atoms with E-state index in [9.17, 15) is 18.0 Å². The molecular weight excluding hydrogens is 298 g/mol. The van der Waals surface area contributed by atoms with Crippen molar-refractivity contribution in [2.24, 2.45) is 0 Å². The third kappa shape index (κ3) is 4.27. The summed E-state index contributed by atoms with van der Waals surface area (Å²) in [6, 6.07) is 5.40. The molecule has 1 aromatic rings. The van der Waals surface area contributed by atoms with E-state index in [1.807, 2.05) is 0 Å². The van der Waals surface area contributed by atoms with Gasteiger partial charge in [0.05, 0.1) is 24.2 Å². The Morgan fingerprint density at radius 3 is 2.52 bits per heavy atom. The molecule has 0 fully saturated rings. The fourth-order valence-electron chi connectivity index (χ4n) is 1.55. The average Bonchev–Trinajstić information content (AvgIpc) is 2.46. The van der Waals surface area contributed by atoms with Gasteiger partial charge in [-0.3, -0.25) is 4.79 Å². The second-order valence-electron chi connectivity index (χ2n) is 4.09. The first-order valence-electron chi connectivity index (χ1n) is 6.13. The number of carbonyl (C=O) groups excluding carboxylic acids is 2. The smallest absolute Gasteiger partial charge is 0.337 e. The third-order valence-corrected chi connectivity index (χ3v) is 4.42. The predicted octanol–water partition coefficient (Wildman–Crippen LogP) is 0.657. The van der Waals surface area contributed by atoms with Crippen LogP contribution in [-0.4, -0.2) is 52.0 Å². The van der Waals surface area contributed by atoms with Crippen LogP contribution in [0.25, 0.3) is 0 Å². The number of benzene rings is 1. The van der Waals surface area contributed by atoms with Crippen molar-refractivity contribution in [2.45, 2.75) is 11.8 Å². The molecule has 0 aliphatic rings. The van der Waals surface area contributed by atoms with Crippen LogP contribution in [0, 0.1) is 0 Å². The summed E-state index contributed by atoms with van der Waals surface area (Å²) >= 11 is 0. The number of rotatable bonds is 6. The fraction of sp³-hybridized carbons (Fsp3) is 0.385. The van der Waals surface area contributed by atoms with E-state index in [-0.39, 0.29) is 17.1 Å². The van der Waals surface area contributed by atoms with E-state index in [0.717, 1.165) is 4.31 Å². The maximum atomic E-state index is 12.3. The third-order valence-electron chi connectivity index (χ3n) is 2.62. The van der Waals surface area contributed by atoms with Gasteiger partial charge in [-0.25, -0.2) is 13.2 Å². The molecule has 0 radical (unpaired) electrons. The Kier molecular flexibility index (Phi) is 5.86. The monoisotopic (exact) mass is 315 g/mol. The van der Waals surface area contributed by atoms with E-state index < -0.39 is 28.5 Å². The van der Waals surface area contributed by atoms with Crippen LogP contribution in [0.15, 0.2) is 29.2 Å². The van der Waals surface area contributed by atoms with Crippen LogP contribution in [0.3, 0.4) is 0 Å². The summed E-state index contributed by atoms with van der Waals surface area (Å²) in [6.45, 7) is 1.40. The standard InChI is InChI=1S/C13H17NO6S/c1-4-20-12(15)9-14(2)21(17,18)11-7-5-6-10(8-11)13(16)19-3/h5-8H,4,9H2,1-3H3. The van der Waals surface area contributed by atoms with E-state index in [1.54, 1.807) is 6.92 Å². The predicted molar refractivity (Wildman–Crippen MR) is 74.2 cm³/mol. The number of esters is 2. The Hall–Kier alpha value is -1.93. The molecule has 116 valence electrons. The van der Waals surface area contributed by atoms with E-state index in [1.165, 1.54) is 38.4 Å². The molecule has 0 saturated heterocycles. The average molecular weight is 315 g/mol. The normalized spacial score (nSPS) is 11.2. The number of methoxy groups -OCH3 is 1. The number of hydrogen-bond donors (Lipinski definition) is 0. The summed E-state index contributed by atoms with van der Waals surface area (Å²) in [7, 11) is -1.43. The van der Waals surface area contributed by atoms with Crippen molar-refractivity contribution >= 4 is 22.0 Å². The summed E-state index contributed by atoms with van der Waals surface area (Å²) in [5, 5.41) is 0. The molecule has 1 aromatic carbocycles. The number of nitrogens with zero attached hydrogens (tertiary/aromatic N) is 1. The van der Waals surface area contributed by atoms with Gasteiger partial charge in [0.1, 0.15) is 6.54 Å². The largest absolute Gasteiger partial charge is 0.465 e. The Labute approximate surface area is 123 Å². The Morgan fingerprint density at radius 2 is 1.95 bits per heavy atom. The van der Waals surface area contributed by atoms with Crippen molar-refractivity contribution in [3.8, 4) is 0 Å². The van der Waals surface area contributed by atoms with Crippen molar-refractivity contribution in [3.63, 3.8) is 0 Å². The summed E-state index contributed by atoms with van der Waals surface area (Å²) < 4.78 is 34.7. The molecule has 0 saturated carbocycles. The van der Waals surface area contributed by atoms with E-state index in [4.69, 9.17) is 4.74 Å². The Bertz CT molecular complexity index is 625. The molecule has 0 aromatic heterocycles.